The van der Waals surface area contributed by atoms with Crippen molar-refractivity contribution >= 4 is 0 Å². The standard InChI is InChI=1S/C16H22N4O2/c1-19-10-12(9-18-19)8-14-15(21)5-7-20(14)11-13-4-3-6-17-16(13)22-2/h3-4,6,9-10,14-15,21H,5,7-8,11H2,1-2H3/t14-,15-/m1/s1. The summed E-state index contributed by atoms with van der Waals surface area (Å²) in [5, 5.41) is 14.5. The average Bonchev–Trinajstić information content (AvgIpc) is 3.08. The van der Waals surface area contributed by atoms with Crippen LogP contribution >= 0.6 is 0 Å². The van der Waals surface area contributed by atoms with Gasteiger partial charge >= 0.3 is 0 Å². The van der Waals surface area contributed by atoms with Gasteiger partial charge in [-0.05, 0) is 24.5 Å². The molecule has 0 amide bonds. The lowest BCUT2D eigenvalue weighted by atomic mass is 10.0. The molecular formula is C16H22N4O2. The van der Waals surface area contributed by atoms with Crippen LogP contribution in [0.5, 0.6) is 5.88 Å². The number of aliphatic hydroxyl groups excluding tert-OH is 1. The second-order valence-corrected chi connectivity index (χ2v) is 5.79. The minimum absolute atomic E-state index is 0.106. The second-order valence-electron chi connectivity index (χ2n) is 5.79. The fourth-order valence-electron chi connectivity index (χ4n) is 3.13. The number of aromatic nitrogens is 3. The molecule has 2 atom stereocenters. The molecule has 1 fully saturated rings. The number of likely N-dealkylation sites (tertiary alicyclic amines) is 1. The molecule has 6 heteroatoms. The van der Waals surface area contributed by atoms with E-state index in [1.165, 1.54) is 0 Å². The molecule has 2 aromatic rings. The SMILES string of the molecule is COc1ncccc1CN1CC[C@@H](O)[C@H]1Cc1cnn(C)c1. The lowest BCUT2D eigenvalue weighted by Gasteiger charge is -2.26. The molecule has 0 unspecified atom stereocenters. The molecule has 1 aliphatic heterocycles. The third-order valence-corrected chi connectivity index (χ3v) is 4.25. The Balaban J connectivity index is 1.74. The zero-order chi connectivity index (χ0) is 15.5. The number of methoxy groups -OCH3 is 1. The molecule has 6 nitrogen and oxygen atoms in total. The van der Waals surface area contributed by atoms with Gasteiger partial charge in [0.1, 0.15) is 0 Å². The molecule has 2 aromatic heterocycles. The molecule has 0 saturated carbocycles. The fraction of sp³-hybridized carbons (Fsp3) is 0.500. The summed E-state index contributed by atoms with van der Waals surface area (Å²) in [5.41, 5.74) is 2.20. The van der Waals surface area contributed by atoms with E-state index in [0.29, 0.717) is 5.88 Å². The summed E-state index contributed by atoms with van der Waals surface area (Å²) in [6, 6.07) is 4.05. The Morgan fingerprint density at radius 1 is 1.45 bits per heavy atom. The van der Waals surface area contributed by atoms with E-state index in [0.717, 1.165) is 37.1 Å². The zero-order valence-corrected chi connectivity index (χ0v) is 13.0. The van der Waals surface area contributed by atoms with E-state index in [1.807, 2.05) is 31.6 Å². The Bertz CT molecular complexity index is 628. The molecule has 1 aliphatic rings. The van der Waals surface area contributed by atoms with Gasteiger partial charge in [-0.25, -0.2) is 4.98 Å². The summed E-state index contributed by atoms with van der Waals surface area (Å²) in [5.74, 6) is 0.656. The van der Waals surface area contributed by atoms with Gasteiger partial charge in [0.05, 0.1) is 19.4 Å². The third kappa shape index (κ3) is 3.13. The van der Waals surface area contributed by atoms with Crippen LogP contribution in [0.3, 0.4) is 0 Å². The number of aryl methyl sites for hydroxylation is 1. The molecule has 0 aliphatic carbocycles. The summed E-state index contributed by atoms with van der Waals surface area (Å²) in [7, 11) is 3.55. The zero-order valence-electron chi connectivity index (χ0n) is 13.0. The smallest absolute Gasteiger partial charge is 0.217 e. The van der Waals surface area contributed by atoms with Crippen LogP contribution in [0.2, 0.25) is 0 Å². The Kier molecular flexibility index (Phi) is 4.40. The van der Waals surface area contributed by atoms with Crippen molar-refractivity contribution in [1.29, 1.82) is 0 Å². The van der Waals surface area contributed by atoms with Gasteiger partial charge in [0.2, 0.25) is 5.88 Å². The molecule has 22 heavy (non-hydrogen) atoms. The van der Waals surface area contributed by atoms with Gasteiger partial charge in [0.25, 0.3) is 0 Å². The number of pyridine rings is 1. The maximum atomic E-state index is 10.3. The number of aliphatic hydroxyl groups is 1. The van der Waals surface area contributed by atoms with E-state index in [2.05, 4.69) is 15.0 Å². The maximum absolute atomic E-state index is 10.3. The van der Waals surface area contributed by atoms with Crippen LogP contribution in [-0.2, 0) is 20.0 Å². The van der Waals surface area contributed by atoms with Crippen molar-refractivity contribution in [2.45, 2.75) is 31.5 Å². The van der Waals surface area contributed by atoms with E-state index in [9.17, 15) is 5.11 Å². The summed E-state index contributed by atoms with van der Waals surface area (Å²) < 4.78 is 7.12. The van der Waals surface area contributed by atoms with Crippen molar-refractivity contribution in [1.82, 2.24) is 19.7 Å². The quantitative estimate of drug-likeness (QED) is 0.893. The molecule has 1 saturated heterocycles. The highest BCUT2D eigenvalue weighted by Crippen LogP contribution is 2.26. The van der Waals surface area contributed by atoms with Crippen LogP contribution in [0.25, 0.3) is 0 Å². The van der Waals surface area contributed by atoms with Crippen molar-refractivity contribution in [2.24, 2.45) is 7.05 Å². The van der Waals surface area contributed by atoms with Crippen LogP contribution in [0, 0.1) is 0 Å². The Morgan fingerprint density at radius 3 is 3.05 bits per heavy atom. The average molecular weight is 302 g/mol. The van der Waals surface area contributed by atoms with Crippen LogP contribution in [0.4, 0.5) is 0 Å². The van der Waals surface area contributed by atoms with Crippen LogP contribution < -0.4 is 4.74 Å². The topological polar surface area (TPSA) is 63.4 Å². The van der Waals surface area contributed by atoms with Gasteiger partial charge in [-0.2, -0.15) is 5.10 Å². The van der Waals surface area contributed by atoms with Crippen molar-refractivity contribution in [2.75, 3.05) is 13.7 Å². The van der Waals surface area contributed by atoms with E-state index in [1.54, 1.807) is 18.0 Å². The van der Waals surface area contributed by atoms with E-state index in [-0.39, 0.29) is 12.1 Å². The summed E-state index contributed by atoms with van der Waals surface area (Å²) in [4.78, 5) is 6.55. The van der Waals surface area contributed by atoms with Crippen molar-refractivity contribution in [3.05, 3.63) is 41.9 Å². The summed E-state index contributed by atoms with van der Waals surface area (Å²) in [6.45, 7) is 1.61. The molecule has 0 radical (unpaired) electrons. The Hall–Kier alpha value is -1.92. The Labute approximate surface area is 130 Å². The van der Waals surface area contributed by atoms with Crippen molar-refractivity contribution in [3.63, 3.8) is 0 Å². The number of nitrogens with zero attached hydrogens (tertiary/aromatic N) is 4. The summed E-state index contributed by atoms with van der Waals surface area (Å²) >= 11 is 0. The first kappa shape index (κ1) is 15.0. The van der Waals surface area contributed by atoms with Gasteiger partial charge < -0.3 is 9.84 Å². The third-order valence-electron chi connectivity index (χ3n) is 4.25. The van der Waals surface area contributed by atoms with E-state index in [4.69, 9.17) is 4.74 Å². The van der Waals surface area contributed by atoms with Gasteiger partial charge in [0.15, 0.2) is 0 Å². The monoisotopic (exact) mass is 302 g/mol. The van der Waals surface area contributed by atoms with Gasteiger partial charge in [-0.3, -0.25) is 9.58 Å². The molecule has 0 aromatic carbocycles. The normalized spacial score (nSPS) is 22.1. The first-order chi connectivity index (χ1) is 10.7. The molecule has 3 rings (SSSR count). The molecule has 1 N–H and O–H groups in total. The van der Waals surface area contributed by atoms with Crippen LogP contribution in [0.1, 0.15) is 17.5 Å². The predicted octanol–water partition coefficient (Wildman–Crippen LogP) is 1.00. The highest BCUT2D eigenvalue weighted by atomic mass is 16.5. The van der Waals surface area contributed by atoms with Crippen LogP contribution in [0.15, 0.2) is 30.7 Å². The molecule has 118 valence electrons. The van der Waals surface area contributed by atoms with Gasteiger partial charge in [0, 0.05) is 44.1 Å². The largest absolute Gasteiger partial charge is 0.481 e. The van der Waals surface area contributed by atoms with E-state index >= 15 is 0 Å². The van der Waals surface area contributed by atoms with Gasteiger partial charge in [-0.1, -0.05) is 6.07 Å². The first-order valence-corrected chi connectivity index (χ1v) is 7.55. The highest BCUT2D eigenvalue weighted by molar-refractivity contribution is 5.25. The summed E-state index contributed by atoms with van der Waals surface area (Å²) in [6.07, 6.45) is 6.91. The van der Waals surface area contributed by atoms with Gasteiger partial charge in [-0.15, -0.1) is 0 Å². The number of ether oxygens (including phenoxy) is 1. The minimum Gasteiger partial charge on any atom is -0.481 e. The number of hydrogen-bond acceptors (Lipinski definition) is 5. The molecule has 0 bridgehead atoms. The Morgan fingerprint density at radius 2 is 2.32 bits per heavy atom. The number of hydrogen-bond donors (Lipinski definition) is 1. The predicted molar refractivity (Wildman–Crippen MR) is 82.5 cm³/mol. The van der Waals surface area contributed by atoms with E-state index < -0.39 is 0 Å². The highest BCUT2D eigenvalue weighted by Gasteiger charge is 2.33. The molecule has 3 heterocycles. The van der Waals surface area contributed by atoms with Crippen molar-refractivity contribution in [3.8, 4) is 5.88 Å². The van der Waals surface area contributed by atoms with Crippen LogP contribution in [-0.4, -0.2) is 50.6 Å². The lowest BCUT2D eigenvalue weighted by molar-refractivity contribution is 0.112. The number of rotatable bonds is 5. The van der Waals surface area contributed by atoms with Crippen molar-refractivity contribution < 1.29 is 9.84 Å². The second kappa shape index (κ2) is 6.46. The maximum Gasteiger partial charge on any atom is 0.217 e. The fourth-order valence-corrected chi connectivity index (χ4v) is 3.13. The first-order valence-electron chi connectivity index (χ1n) is 7.55. The molecule has 0 spiro atoms. The molecular weight excluding hydrogens is 280 g/mol. The lowest BCUT2D eigenvalue weighted by Crippen LogP contribution is -2.36. The minimum atomic E-state index is -0.303.